The van der Waals surface area contributed by atoms with E-state index in [1.165, 1.54) is 0 Å². The number of hydrogen-bond donors (Lipinski definition) is 2. The number of benzene rings is 1. The molecule has 1 aromatic heterocycles. The van der Waals surface area contributed by atoms with Gasteiger partial charge >= 0.3 is 0 Å². The third-order valence-corrected chi connectivity index (χ3v) is 4.72. The molecule has 1 aliphatic heterocycles. The Kier molecular flexibility index (Phi) is 6.49. The quantitative estimate of drug-likeness (QED) is 0.780. The van der Waals surface area contributed by atoms with E-state index in [1.807, 2.05) is 30.3 Å². The molecule has 0 saturated carbocycles. The van der Waals surface area contributed by atoms with Crippen molar-refractivity contribution < 1.29 is 18.7 Å². The molecule has 7 heteroatoms. The van der Waals surface area contributed by atoms with Crippen LogP contribution in [0.1, 0.15) is 18.6 Å². The fraction of sp³-hybridized carbons (Fsp3) is 0.400. The van der Waals surface area contributed by atoms with Crippen molar-refractivity contribution in [3.05, 3.63) is 48.4 Å². The molecule has 0 spiro atoms. The van der Waals surface area contributed by atoms with Gasteiger partial charge in [0.15, 0.2) is 0 Å². The van der Waals surface area contributed by atoms with Crippen LogP contribution < -0.4 is 15.4 Å². The van der Waals surface area contributed by atoms with Crippen LogP contribution in [0.5, 0.6) is 5.75 Å². The van der Waals surface area contributed by atoms with Crippen molar-refractivity contribution in [3.8, 4) is 5.75 Å². The predicted octanol–water partition coefficient (Wildman–Crippen LogP) is 2.26. The van der Waals surface area contributed by atoms with Gasteiger partial charge in [0.25, 0.3) is 0 Å². The Labute approximate surface area is 158 Å². The molecule has 3 rings (SSSR count). The number of methoxy groups -OCH3 is 1. The van der Waals surface area contributed by atoms with Crippen molar-refractivity contribution in [2.24, 2.45) is 5.92 Å². The summed E-state index contributed by atoms with van der Waals surface area (Å²) in [7, 11) is 1.61. The first-order chi connectivity index (χ1) is 13.1. The summed E-state index contributed by atoms with van der Waals surface area (Å²) in [6, 6.07) is 10.9. The highest BCUT2D eigenvalue weighted by atomic mass is 16.5. The van der Waals surface area contributed by atoms with E-state index in [0.29, 0.717) is 13.1 Å². The highest BCUT2D eigenvalue weighted by molar-refractivity contribution is 5.92. The molecule has 2 heterocycles. The number of anilines is 1. The number of amides is 2. The van der Waals surface area contributed by atoms with E-state index in [2.05, 4.69) is 15.5 Å². The molecule has 0 atom stereocenters. The fourth-order valence-electron chi connectivity index (χ4n) is 3.16. The van der Waals surface area contributed by atoms with Crippen LogP contribution in [0.4, 0.5) is 5.69 Å². The van der Waals surface area contributed by atoms with Crippen molar-refractivity contribution >= 4 is 17.5 Å². The number of likely N-dealkylation sites (tertiary alicyclic amines) is 1. The summed E-state index contributed by atoms with van der Waals surface area (Å²) in [6.45, 7) is 2.20. The van der Waals surface area contributed by atoms with Crippen LogP contribution in [0, 0.1) is 5.92 Å². The van der Waals surface area contributed by atoms with Gasteiger partial charge in [-0.2, -0.15) is 0 Å². The number of hydrogen-bond acceptors (Lipinski definition) is 5. The summed E-state index contributed by atoms with van der Waals surface area (Å²) in [5.41, 5.74) is 0.744. The Balaban J connectivity index is 1.38. The van der Waals surface area contributed by atoms with Crippen LogP contribution in [0.25, 0.3) is 0 Å². The lowest BCUT2D eigenvalue weighted by atomic mass is 9.96. The standard InChI is InChI=1S/C20H25N3O4/c1-26-17-6-4-16(5-7-17)22-19(24)14-23-10-8-15(9-11-23)20(25)21-13-18-3-2-12-27-18/h2-7,12,15H,8-11,13-14H2,1H3,(H,21,25)(H,22,24). The first-order valence-corrected chi connectivity index (χ1v) is 9.10. The summed E-state index contributed by atoms with van der Waals surface area (Å²) in [5, 5.41) is 5.80. The van der Waals surface area contributed by atoms with E-state index in [-0.39, 0.29) is 17.7 Å². The molecule has 0 bridgehead atoms. The Hall–Kier alpha value is -2.80. The number of nitrogens with one attached hydrogen (secondary N) is 2. The molecule has 1 aliphatic rings. The monoisotopic (exact) mass is 371 g/mol. The maximum absolute atomic E-state index is 12.3. The Morgan fingerprint density at radius 3 is 2.56 bits per heavy atom. The smallest absolute Gasteiger partial charge is 0.238 e. The average molecular weight is 371 g/mol. The molecule has 7 nitrogen and oxygen atoms in total. The van der Waals surface area contributed by atoms with Crippen molar-refractivity contribution in [2.45, 2.75) is 19.4 Å². The second kappa shape index (κ2) is 9.23. The lowest BCUT2D eigenvalue weighted by Crippen LogP contribution is -2.43. The van der Waals surface area contributed by atoms with E-state index in [4.69, 9.17) is 9.15 Å². The highest BCUT2D eigenvalue weighted by Crippen LogP contribution is 2.18. The summed E-state index contributed by atoms with van der Waals surface area (Å²) in [5.74, 6) is 1.48. The lowest BCUT2D eigenvalue weighted by Gasteiger charge is -2.30. The maximum Gasteiger partial charge on any atom is 0.238 e. The van der Waals surface area contributed by atoms with Gasteiger partial charge < -0.3 is 19.8 Å². The van der Waals surface area contributed by atoms with E-state index in [0.717, 1.165) is 43.1 Å². The SMILES string of the molecule is COc1ccc(NC(=O)CN2CCC(C(=O)NCc3ccco3)CC2)cc1. The van der Waals surface area contributed by atoms with E-state index < -0.39 is 0 Å². The fourth-order valence-corrected chi connectivity index (χ4v) is 3.16. The summed E-state index contributed by atoms with van der Waals surface area (Å²) in [4.78, 5) is 26.5. The molecule has 0 unspecified atom stereocenters. The number of piperidine rings is 1. The molecule has 1 aromatic carbocycles. The third kappa shape index (κ3) is 5.59. The van der Waals surface area contributed by atoms with Crippen LogP contribution in [0.2, 0.25) is 0 Å². The number of ether oxygens (including phenoxy) is 1. The summed E-state index contributed by atoms with van der Waals surface area (Å²) in [6.07, 6.45) is 3.09. The van der Waals surface area contributed by atoms with Gasteiger partial charge in [-0.05, 0) is 62.3 Å². The van der Waals surface area contributed by atoms with Gasteiger partial charge in [0.05, 0.1) is 26.5 Å². The summed E-state index contributed by atoms with van der Waals surface area (Å²) < 4.78 is 10.3. The van der Waals surface area contributed by atoms with Crippen molar-refractivity contribution in [2.75, 3.05) is 32.1 Å². The molecule has 0 aliphatic carbocycles. The molecule has 2 amide bonds. The van der Waals surface area contributed by atoms with E-state index >= 15 is 0 Å². The third-order valence-electron chi connectivity index (χ3n) is 4.72. The van der Waals surface area contributed by atoms with Gasteiger partial charge in [0.2, 0.25) is 11.8 Å². The van der Waals surface area contributed by atoms with Gasteiger partial charge in [-0.1, -0.05) is 0 Å². The van der Waals surface area contributed by atoms with E-state index in [9.17, 15) is 9.59 Å². The van der Waals surface area contributed by atoms with Crippen LogP contribution in [-0.4, -0.2) is 43.5 Å². The molecule has 1 fully saturated rings. The Morgan fingerprint density at radius 2 is 1.93 bits per heavy atom. The van der Waals surface area contributed by atoms with Gasteiger partial charge in [-0.25, -0.2) is 0 Å². The number of carbonyl (C=O) groups excluding carboxylic acids is 2. The number of nitrogens with zero attached hydrogens (tertiary/aromatic N) is 1. The first-order valence-electron chi connectivity index (χ1n) is 9.10. The zero-order valence-corrected chi connectivity index (χ0v) is 15.4. The number of rotatable bonds is 7. The second-order valence-corrected chi connectivity index (χ2v) is 6.62. The van der Waals surface area contributed by atoms with Crippen molar-refractivity contribution in [1.29, 1.82) is 0 Å². The minimum atomic E-state index is -0.0547. The molecule has 0 radical (unpaired) electrons. The normalized spacial score (nSPS) is 15.3. The van der Waals surface area contributed by atoms with Crippen LogP contribution >= 0.6 is 0 Å². The van der Waals surface area contributed by atoms with Gasteiger partial charge in [-0.15, -0.1) is 0 Å². The van der Waals surface area contributed by atoms with Crippen molar-refractivity contribution in [3.63, 3.8) is 0 Å². The predicted molar refractivity (Wildman–Crippen MR) is 101 cm³/mol. The average Bonchev–Trinajstić information content (AvgIpc) is 3.21. The molecule has 144 valence electrons. The summed E-state index contributed by atoms with van der Waals surface area (Å²) >= 11 is 0. The van der Waals surface area contributed by atoms with Crippen LogP contribution in [-0.2, 0) is 16.1 Å². The molecular formula is C20H25N3O4. The van der Waals surface area contributed by atoms with Crippen LogP contribution in [0.3, 0.4) is 0 Å². The molecule has 2 aromatic rings. The molecular weight excluding hydrogens is 346 g/mol. The Morgan fingerprint density at radius 1 is 1.19 bits per heavy atom. The van der Waals surface area contributed by atoms with Crippen molar-refractivity contribution in [1.82, 2.24) is 10.2 Å². The largest absolute Gasteiger partial charge is 0.497 e. The highest BCUT2D eigenvalue weighted by Gasteiger charge is 2.25. The zero-order chi connectivity index (χ0) is 19.1. The van der Waals surface area contributed by atoms with Crippen LogP contribution in [0.15, 0.2) is 47.1 Å². The first kappa shape index (κ1) is 19.0. The Bertz CT molecular complexity index is 735. The molecule has 2 N–H and O–H groups in total. The maximum atomic E-state index is 12.3. The molecule has 27 heavy (non-hydrogen) atoms. The zero-order valence-electron chi connectivity index (χ0n) is 15.4. The van der Waals surface area contributed by atoms with Gasteiger partial charge in [0, 0.05) is 11.6 Å². The van der Waals surface area contributed by atoms with Gasteiger partial charge in [0.1, 0.15) is 11.5 Å². The minimum absolute atomic E-state index is 0.0131. The second-order valence-electron chi connectivity index (χ2n) is 6.62. The minimum Gasteiger partial charge on any atom is -0.497 e. The van der Waals surface area contributed by atoms with Gasteiger partial charge in [-0.3, -0.25) is 14.5 Å². The molecule has 1 saturated heterocycles. The number of carbonyl (C=O) groups is 2. The topological polar surface area (TPSA) is 83.8 Å². The van der Waals surface area contributed by atoms with E-state index in [1.54, 1.807) is 19.4 Å². The number of furan rings is 1. The lowest BCUT2D eigenvalue weighted by molar-refractivity contribution is -0.126.